The first-order valence-electron chi connectivity index (χ1n) is 6.21. The highest BCUT2D eigenvalue weighted by Gasteiger charge is 2.10. The molecule has 1 N–H and O–H groups in total. The number of carboxylic acid groups (broad SMARTS) is 1. The molecule has 0 aliphatic heterocycles. The molecule has 0 saturated heterocycles. The van der Waals surface area contributed by atoms with Crippen molar-refractivity contribution in [2.45, 2.75) is 13.3 Å². The van der Waals surface area contributed by atoms with Gasteiger partial charge in [-0.2, -0.15) is 0 Å². The average Bonchev–Trinajstić information content (AvgIpc) is 2.40. The standard InChI is InChI=1S/C17H16O2/c1-13(12-16(18)19)17(14-8-4-2-5-9-14)15-10-6-3-7-11-15/h2-11H,12H2,1H3,(H,18,19). The van der Waals surface area contributed by atoms with Crippen LogP contribution in [0.1, 0.15) is 24.5 Å². The fourth-order valence-corrected chi connectivity index (χ4v) is 2.18. The maximum absolute atomic E-state index is 10.9. The van der Waals surface area contributed by atoms with Gasteiger partial charge in [0, 0.05) is 0 Å². The summed E-state index contributed by atoms with van der Waals surface area (Å²) in [6.07, 6.45) is 0.0547. The molecule has 0 aliphatic rings. The largest absolute Gasteiger partial charge is 0.481 e. The number of hydrogen-bond donors (Lipinski definition) is 1. The highest BCUT2D eigenvalue weighted by atomic mass is 16.4. The first-order chi connectivity index (χ1) is 9.18. The van der Waals surface area contributed by atoms with Crippen LogP contribution in [0, 0.1) is 0 Å². The molecule has 0 aromatic heterocycles. The van der Waals surface area contributed by atoms with Crippen molar-refractivity contribution in [2.75, 3.05) is 0 Å². The van der Waals surface area contributed by atoms with Crippen LogP contribution in [0.3, 0.4) is 0 Å². The molecule has 2 nitrogen and oxygen atoms in total. The first kappa shape index (κ1) is 13.1. The molecule has 19 heavy (non-hydrogen) atoms. The monoisotopic (exact) mass is 252 g/mol. The molecule has 2 aromatic rings. The van der Waals surface area contributed by atoms with Crippen LogP contribution in [0.2, 0.25) is 0 Å². The minimum Gasteiger partial charge on any atom is -0.481 e. The van der Waals surface area contributed by atoms with Crippen molar-refractivity contribution in [3.8, 4) is 0 Å². The lowest BCUT2D eigenvalue weighted by atomic mass is 9.92. The third kappa shape index (κ3) is 3.32. The summed E-state index contributed by atoms with van der Waals surface area (Å²) in [4.78, 5) is 10.9. The van der Waals surface area contributed by atoms with E-state index in [1.54, 1.807) is 0 Å². The van der Waals surface area contributed by atoms with Gasteiger partial charge in [-0.25, -0.2) is 0 Å². The molecule has 0 heterocycles. The fourth-order valence-electron chi connectivity index (χ4n) is 2.18. The minimum atomic E-state index is -0.804. The van der Waals surface area contributed by atoms with Crippen LogP contribution >= 0.6 is 0 Å². The zero-order valence-electron chi connectivity index (χ0n) is 10.8. The van der Waals surface area contributed by atoms with Gasteiger partial charge in [0.1, 0.15) is 0 Å². The van der Waals surface area contributed by atoms with E-state index in [2.05, 4.69) is 0 Å². The number of carboxylic acids is 1. The van der Waals surface area contributed by atoms with Crippen LogP contribution in [0.5, 0.6) is 0 Å². The second-order valence-electron chi connectivity index (χ2n) is 4.46. The summed E-state index contributed by atoms with van der Waals surface area (Å²) in [7, 11) is 0. The Kier molecular flexibility index (Phi) is 4.14. The Labute approximate surface area is 113 Å². The van der Waals surface area contributed by atoms with E-state index in [0.717, 1.165) is 22.3 Å². The van der Waals surface area contributed by atoms with Crippen molar-refractivity contribution in [3.05, 3.63) is 77.4 Å². The van der Waals surface area contributed by atoms with Crippen LogP contribution < -0.4 is 0 Å². The third-order valence-electron chi connectivity index (χ3n) is 2.97. The van der Waals surface area contributed by atoms with Crippen molar-refractivity contribution < 1.29 is 9.90 Å². The molecule has 0 spiro atoms. The van der Waals surface area contributed by atoms with Crippen molar-refractivity contribution in [2.24, 2.45) is 0 Å². The lowest BCUT2D eigenvalue weighted by molar-refractivity contribution is -0.136. The SMILES string of the molecule is CC(CC(=O)O)=C(c1ccccc1)c1ccccc1. The smallest absolute Gasteiger partial charge is 0.307 e. The normalized spacial score (nSPS) is 9.95. The quantitative estimate of drug-likeness (QED) is 0.893. The van der Waals surface area contributed by atoms with E-state index in [0.29, 0.717) is 0 Å². The average molecular weight is 252 g/mol. The summed E-state index contributed by atoms with van der Waals surface area (Å²) in [5.74, 6) is -0.804. The first-order valence-corrected chi connectivity index (χ1v) is 6.21. The Morgan fingerprint density at radius 3 is 1.68 bits per heavy atom. The highest BCUT2D eigenvalue weighted by molar-refractivity contribution is 5.85. The van der Waals surface area contributed by atoms with E-state index >= 15 is 0 Å². The molecule has 0 saturated carbocycles. The molecule has 0 amide bonds. The molecule has 0 radical (unpaired) electrons. The molecule has 2 heteroatoms. The van der Waals surface area contributed by atoms with Crippen molar-refractivity contribution in [1.29, 1.82) is 0 Å². The topological polar surface area (TPSA) is 37.3 Å². The van der Waals surface area contributed by atoms with Gasteiger partial charge in [0.25, 0.3) is 0 Å². The Morgan fingerprint density at radius 2 is 1.32 bits per heavy atom. The summed E-state index contributed by atoms with van der Waals surface area (Å²) in [5, 5.41) is 8.99. The van der Waals surface area contributed by atoms with Crippen LogP contribution in [0.4, 0.5) is 0 Å². The Hall–Kier alpha value is -2.35. The zero-order valence-corrected chi connectivity index (χ0v) is 10.8. The number of aliphatic carboxylic acids is 1. The van der Waals surface area contributed by atoms with Gasteiger partial charge in [0.15, 0.2) is 0 Å². The van der Waals surface area contributed by atoms with Crippen molar-refractivity contribution in [1.82, 2.24) is 0 Å². The number of rotatable bonds is 4. The van der Waals surface area contributed by atoms with Gasteiger partial charge in [0.2, 0.25) is 0 Å². The lowest BCUT2D eigenvalue weighted by Crippen LogP contribution is -1.99. The minimum absolute atomic E-state index is 0.0547. The molecule has 2 rings (SSSR count). The van der Waals surface area contributed by atoms with Gasteiger partial charge in [-0.05, 0) is 23.6 Å². The summed E-state index contributed by atoms with van der Waals surface area (Å²) in [6, 6.07) is 19.8. The van der Waals surface area contributed by atoms with Crippen LogP contribution in [0.15, 0.2) is 66.2 Å². The van der Waals surface area contributed by atoms with E-state index in [1.807, 2.05) is 67.6 Å². The lowest BCUT2D eigenvalue weighted by Gasteiger charge is -2.12. The summed E-state index contributed by atoms with van der Waals surface area (Å²) >= 11 is 0. The van der Waals surface area contributed by atoms with Crippen LogP contribution in [-0.4, -0.2) is 11.1 Å². The van der Waals surface area contributed by atoms with Gasteiger partial charge in [-0.15, -0.1) is 0 Å². The van der Waals surface area contributed by atoms with Gasteiger partial charge >= 0.3 is 5.97 Å². The Bertz CT molecular complexity index is 542. The number of benzene rings is 2. The predicted molar refractivity (Wildman–Crippen MR) is 76.8 cm³/mol. The van der Waals surface area contributed by atoms with E-state index in [9.17, 15) is 4.79 Å². The van der Waals surface area contributed by atoms with Gasteiger partial charge in [-0.1, -0.05) is 66.2 Å². The molecule has 2 aromatic carbocycles. The Morgan fingerprint density at radius 1 is 0.895 bits per heavy atom. The zero-order chi connectivity index (χ0) is 13.7. The number of carbonyl (C=O) groups is 1. The van der Waals surface area contributed by atoms with Gasteiger partial charge in [-0.3, -0.25) is 4.79 Å². The molecular weight excluding hydrogens is 236 g/mol. The molecule has 0 aliphatic carbocycles. The number of hydrogen-bond acceptors (Lipinski definition) is 1. The Balaban J connectivity index is 2.55. The molecule has 0 fully saturated rings. The molecule has 0 atom stereocenters. The van der Waals surface area contributed by atoms with Gasteiger partial charge < -0.3 is 5.11 Å². The molecule has 0 bridgehead atoms. The summed E-state index contributed by atoms with van der Waals surface area (Å²) in [5.41, 5.74) is 3.97. The maximum Gasteiger partial charge on any atom is 0.307 e. The third-order valence-corrected chi connectivity index (χ3v) is 2.97. The van der Waals surface area contributed by atoms with Gasteiger partial charge in [0.05, 0.1) is 6.42 Å². The second-order valence-corrected chi connectivity index (χ2v) is 4.46. The second kappa shape index (κ2) is 6.01. The van der Waals surface area contributed by atoms with E-state index in [1.165, 1.54) is 0 Å². The van der Waals surface area contributed by atoms with Crippen LogP contribution in [-0.2, 0) is 4.79 Å². The summed E-state index contributed by atoms with van der Waals surface area (Å²) in [6.45, 7) is 1.88. The maximum atomic E-state index is 10.9. The van der Waals surface area contributed by atoms with E-state index < -0.39 is 5.97 Å². The molecule has 0 unspecified atom stereocenters. The van der Waals surface area contributed by atoms with Crippen molar-refractivity contribution >= 4 is 11.5 Å². The highest BCUT2D eigenvalue weighted by Crippen LogP contribution is 2.28. The van der Waals surface area contributed by atoms with Crippen LogP contribution in [0.25, 0.3) is 5.57 Å². The molecule has 96 valence electrons. The van der Waals surface area contributed by atoms with Crippen molar-refractivity contribution in [3.63, 3.8) is 0 Å². The summed E-state index contributed by atoms with van der Waals surface area (Å²) < 4.78 is 0. The predicted octanol–water partition coefficient (Wildman–Crippen LogP) is 3.98. The fraction of sp³-hybridized carbons (Fsp3) is 0.118. The molecular formula is C17H16O2. The van der Waals surface area contributed by atoms with E-state index in [4.69, 9.17) is 5.11 Å². The van der Waals surface area contributed by atoms with E-state index in [-0.39, 0.29) is 6.42 Å².